The molecule has 3 rings (SSSR count). The van der Waals surface area contributed by atoms with Crippen LogP contribution in [0.25, 0.3) is 0 Å². The maximum Gasteiger partial charge on any atom is 0.262 e. The van der Waals surface area contributed by atoms with E-state index in [0.29, 0.717) is 0 Å². The SMILES string of the molecule is CCCC[C@H]1Nc2ccccc2C(=O)N1c1ccccc1. The van der Waals surface area contributed by atoms with E-state index in [9.17, 15) is 4.79 Å². The lowest BCUT2D eigenvalue weighted by molar-refractivity contribution is 0.0973. The summed E-state index contributed by atoms with van der Waals surface area (Å²) in [5.74, 6) is 0.0802. The Bertz CT molecular complexity index is 624. The highest BCUT2D eigenvalue weighted by Gasteiger charge is 2.32. The van der Waals surface area contributed by atoms with Crippen LogP contribution in [0.4, 0.5) is 11.4 Å². The Kier molecular flexibility index (Phi) is 3.91. The third-order valence-corrected chi connectivity index (χ3v) is 3.88. The van der Waals surface area contributed by atoms with Crippen molar-refractivity contribution in [2.45, 2.75) is 32.4 Å². The Morgan fingerprint density at radius 1 is 1.05 bits per heavy atom. The van der Waals surface area contributed by atoms with E-state index >= 15 is 0 Å². The van der Waals surface area contributed by atoms with Crippen molar-refractivity contribution in [3.8, 4) is 0 Å². The van der Waals surface area contributed by atoms with Crippen LogP contribution in [0.1, 0.15) is 36.5 Å². The predicted octanol–water partition coefficient (Wildman–Crippen LogP) is 4.28. The highest BCUT2D eigenvalue weighted by Crippen LogP contribution is 2.31. The molecule has 108 valence electrons. The first-order valence-corrected chi connectivity index (χ1v) is 7.55. The number of fused-ring (bicyclic) bond motifs is 1. The topological polar surface area (TPSA) is 32.3 Å². The molecule has 0 saturated carbocycles. The fraction of sp³-hybridized carbons (Fsp3) is 0.278. The standard InChI is InChI=1S/C18H20N2O/c1-2-3-13-17-19-16-12-8-7-11-15(16)18(21)20(17)14-9-5-4-6-10-14/h4-12,17,19H,2-3,13H2,1H3/t17-/m0/s1. The zero-order valence-corrected chi connectivity index (χ0v) is 12.3. The third kappa shape index (κ3) is 2.64. The summed E-state index contributed by atoms with van der Waals surface area (Å²) in [6.07, 6.45) is 3.19. The van der Waals surface area contributed by atoms with Gasteiger partial charge in [0.05, 0.1) is 5.56 Å². The van der Waals surface area contributed by atoms with E-state index in [-0.39, 0.29) is 12.1 Å². The monoisotopic (exact) mass is 280 g/mol. The van der Waals surface area contributed by atoms with Crippen LogP contribution in [-0.4, -0.2) is 12.1 Å². The van der Waals surface area contributed by atoms with Crippen molar-refractivity contribution in [2.24, 2.45) is 0 Å². The molecule has 1 amide bonds. The van der Waals surface area contributed by atoms with Crippen molar-refractivity contribution in [3.63, 3.8) is 0 Å². The summed E-state index contributed by atoms with van der Waals surface area (Å²) in [7, 11) is 0. The number of amides is 1. The molecule has 2 aromatic rings. The summed E-state index contributed by atoms with van der Waals surface area (Å²) in [5.41, 5.74) is 2.63. The van der Waals surface area contributed by atoms with Gasteiger partial charge in [0.2, 0.25) is 0 Å². The second-order valence-corrected chi connectivity index (χ2v) is 5.36. The molecule has 2 aromatic carbocycles. The molecule has 0 unspecified atom stereocenters. The lowest BCUT2D eigenvalue weighted by Gasteiger charge is -2.38. The maximum atomic E-state index is 12.9. The smallest absolute Gasteiger partial charge is 0.262 e. The molecule has 0 bridgehead atoms. The quantitative estimate of drug-likeness (QED) is 0.906. The molecule has 21 heavy (non-hydrogen) atoms. The Morgan fingerprint density at radius 3 is 2.52 bits per heavy atom. The van der Waals surface area contributed by atoms with Gasteiger partial charge in [-0.25, -0.2) is 0 Å². The van der Waals surface area contributed by atoms with Gasteiger partial charge in [0.15, 0.2) is 0 Å². The Balaban J connectivity index is 2.00. The van der Waals surface area contributed by atoms with E-state index < -0.39 is 0 Å². The first-order valence-electron chi connectivity index (χ1n) is 7.55. The van der Waals surface area contributed by atoms with Crippen LogP contribution in [0.5, 0.6) is 0 Å². The number of carbonyl (C=O) groups is 1. The van der Waals surface area contributed by atoms with E-state index in [0.717, 1.165) is 36.2 Å². The van der Waals surface area contributed by atoms with Crippen LogP contribution in [0.15, 0.2) is 54.6 Å². The molecular weight excluding hydrogens is 260 g/mol. The minimum absolute atomic E-state index is 0.0229. The maximum absolute atomic E-state index is 12.9. The Hall–Kier alpha value is -2.29. The van der Waals surface area contributed by atoms with Crippen molar-refractivity contribution in [1.82, 2.24) is 0 Å². The van der Waals surface area contributed by atoms with E-state index in [4.69, 9.17) is 0 Å². The summed E-state index contributed by atoms with van der Waals surface area (Å²) < 4.78 is 0. The number of nitrogens with zero attached hydrogens (tertiary/aromatic N) is 1. The van der Waals surface area contributed by atoms with E-state index in [1.54, 1.807) is 0 Å². The minimum atomic E-state index is 0.0229. The van der Waals surface area contributed by atoms with Crippen LogP contribution < -0.4 is 10.2 Å². The van der Waals surface area contributed by atoms with Gasteiger partial charge in [-0.1, -0.05) is 43.7 Å². The number of unbranched alkanes of at least 4 members (excludes halogenated alkanes) is 1. The van der Waals surface area contributed by atoms with Gasteiger partial charge < -0.3 is 5.32 Å². The first kappa shape index (κ1) is 13.7. The zero-order chi connectivity index (χ0) is 14.7. The van der Waals surface area contributed by atoms with E-state index in [1.807, 2.05) is 59.5 Å². The normalized spacial score (nSPS) is 17.3. The minimum Gasteiger partial charge on any atom is -0.364 e. The molecular formula is C18H20N2O. The van der Waals surface area contributed by atoms with E-state index in [2.05, 4.69) is 12.2 Å². The number of anilines is 2. The molecule has 0 aromatic heterocycles. The average Bonchev–Trinajstić information content (AvgIpc) is 2.54. The summed E-state index contributed by atoms with van der Waals surface area (Å²) in [6, 6.07) is 17.6. The van der Waals surface area contributed by atoms with Gasteiger partial charge in [-0.3, -0.25) is 9.69 Å². The van der Waals surface area contributed by atoms with Crippen LogP contribution in [0, 0.1) is 0 Å². The lowest BCUT2D eigenvalue weighted by atomic mass is 10.0. The van der Waals surface area contributed by atoms with Crippen molar-refractivity contribution in [1.29, 1.82) is 0 Å². The average molecular weight is 280 g/mol. The van der Waals surface area contributed by atoms with Gasteiger partial charge in [0, 0.05) is 11.4 Å². The largest absolute Gasteiger partial charge is 0.364 e. The van der Waals surface area contributed by atoms with Crippen molar-refractivity contribution >= 4 is 17.3 Å². The number of hydrogen-bond donors (Lipinski definition) is 1. The number of carbonyl (C=O) groups excluding carboxylic acids is 1. The molecule has 0 saturated heterocycles. The van der Waals surface area contributed by atoms with Gasteiger partial charge in [-0.2, -0.15) is 0 Å². The Morgan fingerprint density at radius 2 is 1.76 bits per heavy atom. The lowest BCUT2D eigenvalue weighted by Crippen LogP contribution is -2.49. The molecule has 1 aliphatic rings. The molecule has 1 heterocycles. The van der Waals surface area contributed by atoms with Gasteiger partial charge in [-0.15, -0.1) is 0 Å². The second-order valence-electron chi connectivity index (χ2n) is 5.36. The summed E-state index contributed by atoms with van der Waals surface area (Å²) in [6.45, 7) is 2.17. The second kappa shape index (κ2) is 6.00. The molecule has 1 atom stereocenters. The molecule has 0 fully saturated rings. The number of hydrogen-bond acceptors (Lipinski definition) is 2. The number of rotatable bonds is 4. The highest BCUT2D eigenvalue weighted by atomic mass is 16.2. The molecule has 0 radical (unpaired) electrons. The highest BCUT2D eigenvalue weighted by molar-refractivity contribution is 6.12. The molecule has 0 spiro atoms. The van der Waals surface area contributed by atoms with Crippen LogP contribution >= 0.6 is 0 Å². The number of para-hydroxylation sites is 2. The van der Waals surface area contributed by atoms with Crippen molar-refractivity contribution < 1.29 is 4.79 Å². The third-order valence-electron chi connectivity index (χ3n) is 3.88. The van der Waals surface area contributed by atoms with Gasteiger partial charge >= 0.3 is 0 Å². The molecule has 3 nitrogen and oxygen atoms in total. The predicted molar refractivity (Wildman–Crippen MR) is 86.6 cm³/mol. The van der Waals surface area contributed by atoms with Gasteiger partial charge in [0.1, 0.15) is 6.17 Å². The summed E-state index contributed by atoms with van der Waals surface area (Å²) >= 11 is 0. The molecule has 1 aliphatic heterocycles. The fourth-order valence-corrected chi connectivity index (χ4v) is 2.80. The molecule has 0 aliphatic carbocycles. The van der Waals surface area contributed by atoms with Gasteiger partial charge in [0.25, 0.3) is 5.91 Å². The zero-order valence-electron chi connectivity index (χ0n) is 12.3. The first-order chi connectivity index (χ1) is 10.3. The summed E-state index contributed by atoms with van der Waals surface area (Å²) in [4.78, 5) is 14.8. The van der Waals surface area contributed by atoms with Crippen LogP contribution in [0.3, 0.4) is 0 Å². The number of nitrogens with one attached hydrogen (secondary N) is 1. The van der Waals surface area contributed by atoms with Crippen LogP contribution in [0.2, 0.25) is 0 Å². The fourth-order valence-electron chi connectivity index (χ4n) is 2.80. The molecule has 1 N–H and O–H groups in total. The summed E-state index contributed by atoms with van der Waals surface area (Å²) in [5, 5.41) is 3.52. The Labute approximate surface area is 125 Å². The van der Waals surface area contributed by atoms with Crippen LogP contribution in [-0.2, 0) is 0 Å². The van der Waals surface area contributed by atoms with Crippen molar-refractivity contribution in [2.75, 3.05) is 10.2 Å². The van der Waals surface area contributed by atoms with E-state index in [1.165, 1.54) is 0 Å². The van der Waals surface area contributed by atoms with Gasteiger partial charge in [-0.05, 0) is 37.1 Å². The van der Waals surface area contributed by atoms with Crippen molar-refractivity contribution in [3.05, 3.63) is 60.2 Å². The molecule has 3 heteroatoms. The number of benzene rings is 2.